The van der Waals surface area contributed by atoms with E-state index in [9.17, 15) is 4.79 Å². The van der Waals surface area contributed by atoms with Crippen molar-refractivity contribution in [3.63, 3.8) is 0 Å². The number of hydrogen-bond donors (Lipinski definition) is 3. The molecule has 6 heteroatoms. The number of hydrogen-bond acceptors (Lipinski definition) is 3. The molecule has 1 aliphatic heterocycles. The van der Waals surface area contributed by atoms with Crippen molar-refractivity contribution in [1.82, 2.24) is 10.6 Å². The van der Waals surface area contributed by atoms with Crippen LogP contribution < -0.4 is 15.5 Å². The predicted molar refractivity (Wildman–Crippen MR) is 105 cm³/mol. The Morgan fingerprint density at radius 3 is 2.50 bits per heavy atom. The largest absolute Gasteiger partial charge is 0.465 e. The third-order valence-corrected chi connectivity index (χ3v) is 5.86. The van der Waals surface area contributed by atoms with Gasteiger partial charge >= 0.3 is 6.09 Å². The van der Waals surface area contributed by atoms with Gasteiger partial charge in [-0.15, -0.1) is 0 Å². The number of carboxylic acid groups (broad SMARTS) is 1. The van der Waals surface area contributed by atoms with Crippen LogP contribution in [0.5, 0.6) is 0 Å². The number of carbonyl (C=O) groups is 1. The molecule has 2 aliphatic rings. The number of benzene rings is 1. The second-order valence-electron chi connectivity index (χ2n) is 6.88. The number of rotatable bonds is 4. The van der Waals surface area contributed by atoms with Crippen LogP contribution in [0.15, 0.2) is 24.3 Å². The normalized spacial score (nSPS) is 27.7. The first-order valence-corrected chi connectivity index (χ1v) is 9.96. The van der Waals surface area contributed by atoms with Crippen molar-refractivity contribution < 1.29 is 9.90 Å². The van der Waals surface area contributed by atoms with Gasteiger partial charge in [-0.1, -0.05) is 12.8 Å². The first kappa shape index (κ1) is 17.8. The Morgan fingerprint density at radius 1 is 1.08 bits per heavy atom. The zero-order valence-corrected chi connectivity index (χ0v) is 16.0. The molecule has 3 rings (SSSR count). The van der Waals surface area contributed by atoms with Gasteiger partial charge in [-0.3, -0.25) is 0 Å². The second kappa shape index (κ2) is 8.38. The van der Waals surface area contributed by atoms with Crippen molar-refractivity contribution in [3.05, 3.63) is 27.8 Å². The summed E-state index contributed by atoms with van der Waals surface area (Å²) < 4.78 is 1.26. The van der Waals surface area contributed by atoms with Crippen LogP contribution in [0.2, 0.25) is 0 Å². The summed E-state index contributed by atoms with van der Waals surface area (Å²) in [6, 6.07) is 9.43. The molecule has 0 bridgehead atoms. The molecule has 1 saturated carbocycles. The third-order valence-electron chi connectivity index (χ3n) is 5.14. The summed E-state index contributed by atoms with van der Waals surface area (Å²) in [6.45, 7) is 2.09. The molecular weight excluding hydrogens is 417 g/mol. The summed E-state index contributed by atoms with van der Waals surface area (Å²) in [6.07, 6.45) is 5.73. The van der Waals surface area contributed by atoms with Gasteiger partial charge in [0.1, 0.15) is 0 Å². The Labute approximate surface area is 157 Å². The van der Waals surface area contributed by atoms with Gasteiger partial charge in [-0.2, -0.15) is 0 Å². The number of halogens is 1. The summed E-state index contributed by atoms with van der Waals surface area (Å²) in [4.78, 5) is 13.5. The number of anilines is 1. The fourth-order valence-corrected chi connectivity index (χ4v) is 4.32. The minimum atomic E-state index is -0.905. The highest BCUT2D eigenvalue weighted by atomic mass is 127. The van der Waals surface area contributed by atoms with Gasteiger partial charge < -0.3 is 20.6 Å². The van der Waals surface area contributed by atoms with E-state index in [1.165, 1.54) is 22.1 Å². The molecule has 5 nitrogen and oxygen atoms in total. The highest BCUT2D eigenvalue weighted by Crippen LogP contribution is 2.24. The molecule has 2 fully saturated rings. The fourth-order valence-electron chi connectivity index (χ4n) is 3.96. The molecule has 0 unspecified atom stereocenters. The van der Waals surface area contributed by atoms with E-state index in [-0.39, 0.29) is 12.1 Å². The molecule has 1 aliphatic carbocycles. The van der Waals surface area contributed by atoms with Crippen molar-refractivity contribution in [2.45, 2.75) is 56.7 Å². The van der Waals surface area contributed by atoms with E-state index in [2.05, 4.69) is 62.4 Å². The summed E-state index contributed by atoms with van der Waals surface area (Å²) in [5, 5.41) is 15.5. The molecule has 0 spiro atoms. The van der Waals surface area contributed by atoms with E-state index in [0.29, 0.717) is 6.04 Å². The van der Waals surface area contributed by atoms with E-state index < -0.39 is 6.09 Å². The monoisotopic (exact) mass is 443 g/mol. The Balaban J connectivity index is 1.59. The number of nitrogens with one attached hydrogen (secondary N) is 2. The number of nitrogens with zero attached hydrogens (tertiary/aromatic N) is 1. The average molecular weight is 443 g/mol. The van der Waals surface area contributed by atoms with Gasteiger partial charge in [-0.05, 0) is 72.5 Å². The maximum absolute atomic E-state index is 11.0. The van der Waals surface area contributed by atoms with Crippen LogP contribution in [-0.4, -0.2) is 42.4 Å². The molecule has 0 radical (unpaired) electrons. The van der Waals surface area contributed by atoms with E-state index in [4.69, 9.17) is 5.11 Å². The van der Waals surface area contributed by atoms with Gasteiger partial charge in [0, 0.05) is 40.5 Å². The Hall–Kier alpha value is -1.02. The number of amides is 1. The molecule has 1 saturated heterocycles. The smallest absolute Gasteiger partial charge is 0.404 e. The fraction of sp³-hybridized carbons (Fsp3) is 0.611. The van der Waals surface area contributed by atoms with E-state index in [1.807, 2.05) is 0 Å². The van der Waals surface area contributed by atoms with Crippen molar-refractivity contribution in [2.24, 2.45) is 0 Å². The molecule has 1 aromatic rings. The standard InChI is InChI=1S/C18H26IN3O2/c19-13-7-9-15(10-8-13)22-11-3-4-14(12-22)20-16-5-1-2-6-17(16)21-18(23)24/h7-10,14,16-17,20-21H,1-6,11-12H2,(H,23,24)/t14-,16+,17+/m0/s1. The quantitative estimate of drug-likeness (QED) is 0.625. The SMILES string of the molecule is O=C(O)N[C@@H]1CCCC[C@H]1N[C@H]1CCCN(c2ccc(I)cc2)C1. The van der Waals surface area contributed by atoms with Crippen molar-refractivity contribution in [2.75, 3.05) is 18.0 Å². The highest BCUT2D eigenvalue weighted by molar-refractivity contribution is 14.1. The Kier molecular flexibility index (Phi) is 6.21. The zero-order valence-electron chi connectivity index (χ0n) is 13.9. The second-order valence-corrected chi connectivity index (χ2v) is 8.12. The first-order chi connectivity index (χ1) is 11.6. The Bertz CT molecular complexity index is 552. The van der Waals surface area contributed by atoms with Crippen molar-refractivity contribution in [1.29, 1.82) is 0 Å². The maximum atomic E-state index is 11.0. The lowest BCUT2D eigenvalue weighted by atomic mass is 9.89. The molecule has 1 amide bonds. The van der Waals surface area contributed by atoms with Gasteiger partial charge in [0.05, 0.1) is 0 Å². The molecule has 1 aromatic carbocycles. The lowest BCUT2D eigenvalue weighted by Gasteiger charge is -2.40. The summed E-state index contributed by atoms with van der Waals surface area (Å²) in [5.74, 6) is 0. The molecule has 3 N–H and O–H groups in total. The van der Waals surface area contributed by atoms with Crippen LogP contribution in [-0.2, 0) is 0 Å². The molecule has 0 aromatic heterocycles. The Morgan fingerprint density at radius 2 is 1.79 bits per heavy atom. The average Bonchev–Trinajstić information content (AvgIpc) is 2.57. The highest BCUT2D eigenvalue weighted by Gasteiger charge is 2.30. The molecule has 24 heavy (non-hydrogen) atoms. The maximum Gasteiger partial charge on any atom is 0.404 e. The van der Waals surface area contributed by atoms with E-state index in [1.54, 1.807) is 0 Å². The van der Waals surface area contributed by atoms with Crippen LogP contribution in [0.1, 0.15) is 38.5 Å². The van der Waals surface area contributed by atoms with Crippen LogP contribution in [0.25, 0.3) is 0 Å². The van der Waals surface area contributed by atoms with Crippen molar-refractivity contribution >= 4 is 34.4 Å². The predicted octanol–water partition coefficient (Wildman–Crippen LogP) is 3.43. The van der Waals surface area contributed by atoms with Gasteiger partial charge in [0.2, 0.25) is 0 Å². The topological polar surface area (TPSA) is 64.6 Å². The van der Waals surface area contributed by atoms with E-state index in [0.717, 1.165) is 38.8 Å². The minimum Gasteiger partial charge on any atom is -0.465 e. The number of piperidine rings is 1. The molecule has 1 heterocycles. The van der Waals surface area contributed by atoms with Crippen LogP contribution in [0, 0.1) is 3.57 Å². The molecule has 3 atom stereocenters. The molecular formula is C18H26IN3O2. The van der Waals surface area contributed by atoms with Gasteiger partial charge in [0.15, 0.2) is 0 Å². The molecule has 132 valence electrons. The summed E-state index contributed by atoms with van der Waals surface area (Å²) >= 11 is 2.33. The third kappa shape index (κ3) is 4.75. The zero-order chi connectivity index (χ0) is 16.9. The van der Waals surface area contributed by atoms with Crippen LogP contribution in [0.4, 0.5) is 10.5 Å². The first-order valence-electron chi connectivity index (χ1n) is 8.88. The summed E-state index contributed by atoms with van der Waals surface area (Å²) in [5.41, 5.74) is 1.28. The summed E-state index contributed by atoms with van der Waals surface area (Å²) in [7, 11) is 0. The lowest BCUT2D eigenvalue weighted by molar-refractivity contribution is 0.176. The lowest BCUT2D eigenvalue weighted by Crippen LogP contribution is -2.57. The van der Waals surface area contributed by atoms with Crippen LogP contribution in [0.3, 0.4) is 0 Å². The van der Waals surface area contributed by atoms with Gasteiger partial charge in [-0.25, -0.2) is 4.79 Å². The van der Waals surface area contributed by atoms with Crippen molar-refractivity contribution in [3.8, 4) is 0 Å². The van der Waals surface area contributed by atoms with E-state index >= 15 is 0 Å². The minimum absolute atomic E-state index is 0.0462. The van der Waals surface area contributed by atoms with Crippen LogP contribution >= 0.6 is 22.6 Å². The van der Waals surface area contributed by atoms with Gasteiger partial charge in [0.25, 0.3) is 0 Å².